The molecule has 0 aliphatic carbocycles. The van der Waals surface area contributed by atoms with Crippen LogP contribution in [-0.2, 0) is 16.0 Å². The monoisotopic (exact) mass is 290 g/mol. The van der Waals surface area contributed by atoms with Gasteiger partial charge >= 0.3 is 0 Å². The first kappa shape index (κ1) is 13.9. The fourth-order valence-electron chi connectivity index (χ4n) is 1.75. The standard InChI is InChI=1S/C11H15ClN2O3S/c1-16-3-2-14-10(8(12)6-13-14)11(15)9-7-18-5-4-17-9/h6,9H,2-5,7H2,1H3. The predicted molar refractivity (Wildman–Crippen MR) is 70.5 cm³/mol. The highest BCUT2D eigenvalue weighted by molar-refractivity contribution is 7.99. The average molecular weight is 291 g/mol. The third-order valence-corrected chi connectivity index (χ3v) is 3.91. The molecule has 1 unspecified atom stereocenters. The van der Waals surface area contributed by atoms with Crippen LogP contribution in [0, 0.1) is 0 Å². The number of carbonyl (C=O) groups is 1. The molecule has 5 nitrogen and oxygen atoms in total. The van der Waals surface area contributed by atoms with Crippen molar-refractivity contribution in [3.8, 4) is 0 Å². The number of ketones is 1. The summed E-state index contributed by atoms with van der Waals surface area (Å²) in [6.07, 6.45) is 1.07. The van der Waals surface area contributed by atoms with Gasteiger partial charge in [-0.2, -0.15) is 16.9 Å². The van der Waals surface area contributed by atoms with Crippen molar-refractivity contribution in [2.75, 3.05) is 31.8 Å². The molecule has 0 bridgehead atoms. The first-order valence-corrected chi connectivity index (χ1v) is 7.21. The van der Waals surface area contributed by atoms with Gasteiger partial charge in [-0.3, -0.25) is 9.48 Å². The lowest BCUT2D eigenvalue weighted by Crippen LogP contribution is -2.33. The number of rotatable bonds is 5. The highest BCUT2D eigenvalue weighted by Crippen LogP contribution is 2.22. The molecule has 0 N–H and O–H groups in total. The number of ether oxygens (including phenoxy) is 2. The van der Waals surface area contributed by atoms with Gasteiger partial charge in [0.25, 0.3) is 0 Å². The van der Waals surface area contributed by atoms with E-state index in [2.05, 4.69) is 5.10 Å². The van der Waals surface area contributed by atoms with Crippen LogP contribution in [0.2, 0.25) is 5.02 Å². The number of Topliss-reactive ketones (excluding diaryl/α,β-unsaturated/α-hetero) is 1. The van der Waals surface area contributed by atoms with E-state index in [1.165, 1.54) is 6.20 Å². The zero-order valence-electron chi connectivity index (χ0n) is 10.1. The van der Waals surface area contributed by atoms with Crippen molar-refractivity contribution in [3.63, 3.8) is 0 Å². The minimum atomic E-state index is -0.417. The maximum Gasteiger partial charge on any atom is 0.211 e. The van der Waals surface area contributed by atoms with E-state index in [0.29, 0.717) is 36.2 Å². The molecule has 0 radical (unpaired) electrons. The Morgan fingerprint density at radius 2 is 2.61 bits per heavy atom. The minimum Gasteiger partial charge on any atom is -0.383 e. The van der Waals surface area contributed by atoms with Gasteiger partial charge in [-0.05, 0) is 0 Å². The molecule has 0 spiro atoms. The molecule has 0 saturated carbocycles. The first-order chi connectivity index (χ1) is 8.74. The Bertz CT molecular complexity index is 418. The van der Waals surface area contributed by atoms with E-state index in [0.717, 1.165) is 5.75 Å². The van der Waals surface area contributed by atoms with Crippen LogP contribution in [0.3, 0.4) is 0 Å². The molecule has 100 valence electrons. The minimum absolute atomic E-state index is 0.0965. The number of aromatic nitrogens is 2. The third-order valence-electron chi connectivity index (χ3n) is 2.64. The molecule has 0 aromatic carbocycles. The van der Waals surface area contributed by atoms with Crippen molar-refractivity contribution in [2.45, 2.75) is 12.6 Å². The predicted octanol–water partition coefficient (Wildman–Crippen LogP) is 1.50. The van der Waals surface area contributed by atoms with Crippen molar-refractivity contribution < 1.29 is 14.3 Å². The smallest absolute Gasteiger partial charge is 0.211 e. The molecular formula is C11H15ClN2O3S. The number of carbonyl (C=O) groups excluding carboxylic acids is 1. The fourth-order valence-corrected chi connectivity index (χ4v) is 2.82. The second kappa shape index (κ2) is 6.56. The van der Waals surface area contributed by atoms with Crippen molar-refractivity contribution in [1.29, 1.82) is 0 Å². The summed E-state index contributed by atoms with van der Waals surface area (Å²) in [6, 6.07) is 0. The number of hydrogen-bond acceptors (Lipinski definition) is 5. The Morgan fingerprint density at radius 1 is 1.78 bits per heavy atom. The molecule has 18 heavy (non-hydrogen) atoms. The normalized spacial score (nSPS) is 20.0. The molecule has 2 rings (SSSR count). The molecule has 1 aliphatic heterocycles. The largest absolute Gasteiger partial charge is 0.383 e. The first-order valence-electron chi connectivity index (χ1n) is 5.68. The Kier molecular flexibility index (Phi) is 5.05. The summed E-state index contributed by atoms with van der Waals surface area (Å²) in [5, 5.41) is 4.46. The third kappa shape index (κ3) is 3.06. The van der Waals surface area contributed by atoms with Crippen LogP contribution in [-0.4, -0.2) is 53.5 Å². The maximum atomic E-state index is 12.3. The van der Waals surface area contributed by atoms with Crippen LogP contribution in [0.5, 0.6) is 0 Å². The van der Waals surface area contributed by atoms with Crippen molar-refractivity contribution in [3.05, 3.63) is 16.9 Å². The van der Waals surface area contributed by atoms with Gasteiger partial charge in [-0.1, -0.05) is 11.6 Å². The molecule has 2 heterocycles. The van der Waals surface area contributed by atoms with E-state index in [4.69, 9.17) is 21.1 Å². The second-order valence-electron chi connectivity index (χ2n) is 3.86. The summed E-state index contributed by atoms with van der Waals surface area (Å²) in [4.78, 5) is 12.3. The van der Waals surface area contributed by atoms with E-state index >= 15 is 0 Å². The van der Waals surface area contributed by atoms with Gasteiger partial charge in [0.05, 0.1) is 31.0 Å². The van der Waals surface area contributed by atoms with Crippen molar-refractivity contribution >= 4 is 29.1 Å². The number of methoxy groups -OCH3 is 1. The van der Waals surface area contributed by atoms with Gasteiger partial charge in [-0.25, -0.2) is 0 Å². The molecule has 1 saturated heterocycles. The zero-order valence-corrected chi connectivity index (χ0v) is 11.7. The Morgan fingerprint density at radius 3 is 3.28 bits per heavy atom. The zero-order chi connectivity index (χ0) is 13.0. The Hall–Kier alpha value is -0.560. The number of nitrogens with zero attached hydrogens (tertiary/aromatic N) is 2. The summed E-state index contributed by atoms with van der Waals surface area (Å²) in [7, 11) is 1.60. The molecule has 1 aliphatic rings. The van der Waals surface area contributed by atoms with Gasteiger partial charge in [0, 0.05) is 18.6 Å². The van der Waals surface area contributed by atoms with E-state index in [-0.39, 0.29) is 5.78 Å². The Labute approximate surface area is 115 Å². The van der Waals surface area contributed by atoms with Crippen LogP contribution in [0.25, 0.3) is 0 Å². The van der Waals surface area contributed by atoms with Crippen LogP contribution in [0.15, 0.2) is 6.20 Å². The second-order valence-corrected chi connectivity index (χ2v) is 5.41. The summed E-state index contributed by atoms with van der Waals surface area (Å²) in [5.41, 5.74) is 0.418. The van der Waals surface area contributed by atoms with Crippen LogP contribution < -0.4 is 0 Å². The quantitative estimate of drug-likeness (QED) is 0.769. The number of thioether (sulfide) groups is 1. The van der Waals surface area contributed by atoms with E-state index in [1.54, 1.807) is 23.6 Å². The number of halogens is 1. The summed E-state index contributed by atoms with van der Waals surface area (Å²) >= 11 is 7.75. The van der Waals surface area contributed by atoms with Gasteiger partial charge in [0.2, 0.25) is 5.78 Å². The number of hydrogen-bond donors (Lipinski definition) is 0. The van der Waals surface area contributed by atoms with E-state index < -0.39 is 6.10 Å². The summed E-state index contributed by atoms with van der Waals surface area (Å²) in [5.74, 6) is 1.51. The van der Waals surface area contributed by atoms with Crippen molar-refractivity contribution in [1.82, 2.24) is 9.78 Å². The molecule has 7 heteroatoms. The highest BCUT2D eigenvalue weighted by atomic mass is 35.5. The van der Waals surface area contributed by atoms with Gasteiger partial charge in [0.15, 0.2) is 0 Å². The van der Waals surface area contributed by atoms with Crippen LogP contribution >= 0.6 is 23.4 Å². The molecule has 1 atom stereocenters. The molecule has 1 aromatic rings. The highest BCUT2D eigenvalue weighted by Gasteiger charge is 2.28. The molecule has 1 aromatic heterocycles. The molecule has 0 amide bonds. The lowest BCUT2D eigenvalue weighted by molar-refractivity contribution is 0.0507. The van der Waals surface area contributed by atoms with Gasteiger partial charge in [-0.15, -0.1) is 0 Å². The molecular weight excluding hydrogens is 276 g/mol. The van der Waals surface area contributed by atoms with Crippen LogP contribution in [0.1, 0.15) is 10.5 Å². The SMILES string of the molecule is COCCn1ncc(Cl)c1C(=O)C1CSCCO1. The van der Waals surface area contributed by atoms with Gasteiger partial charge < -0.3 is 9.47 Å². The van der Waals surface area contributed by atoms with E-state index in [9.17, 15) is 4.79 Å². The van der Waals surface area contributed by atoms with Crippen LogP contribution in [0.4, 0.5) is 0 Å². The lowest BCUT2D eigenvalue weighted by Gasteiger charge is -2.21. The summed E-state index contributed by atoms with van der Waals surface area (Å²) < 4.78 is 12.0. The average Bonchev–Trinajstić information content (AvgIpc) is 2.77. The summed E-state index contributed by atoms with van der Waals surface area (Å²) in [6.45, 7) is 1.59. The maximum absolute atomic E-state index is 12.3. The Balaban J connectivity index is 2.14. The van der Waals surface area contributed by atoms with Gasteiger partial charge in [0.1, 0.15) is 11.8 Å². The topological polar surface area (TPSA) is 53.4 Å². The van der Waals surface area contributed by atoms with E-state index in [1.807, 2.05) is 0 Å². The fraction of sp³-hybridized carbons (Fsp3) is 0.636. The lowest BCUT2D eigenvalue weighted by atomic mass is 10.2. The van der Waals surface area contributed by atoms with Crippen molar-refractivity contribution in [2.24, 2.45) is 0 Å². The molecule has 1 fully saturated rings.